The van der Waals surface area contributed by atoms with Gasteiger partial charge in [-0.3, -0.25) is 4.79 Å². The summed E-state index contributed by atoms with van der Waals surface area (Å²) >= 11 is 5.76. The second-order valence-corrected chi connectivity index (χ2v) is 3.97. The Morgan fingerprint density at radius 2 is 1.89 bits per heavy atom. The molecule has 0 unspecified atom stereocenters. The molecule has 1 amide bonds. The number of aromatic nitrogens is 1. The van der Waals surface area contributed by atoms with Gasteiger partial charge in [-0.15, -0.1) is 0 Å². The van der Waals surface area contributed by atoms with E-state index in [1.54, 1.807) is 36.4 Å². The van der Waals surface area contributed by atoms with E-state index in [-0.39, 0.29) is 5.91 Å². The molecule has 0 saturated heterocycles. The van der Waals surface area contributed by atoms with E-state index < -0.39 is 0 Å². The highest BCUT2D eigenvalue weighted by atomic mass is 35.5. The molecular weight excluding hydrogens is 252 g/mol. The smallest absolute Gasteiger partial charge is 0.257 e. The first-order valence-corrected chi connectivity index (χ1v) is 5.56. The summed E-state index contributed by atoms with van der Waals surface area (Å²) in [6.45, 7) is 0. The van der Waals surface area contributed by atoms with Crippen LogP contribution in [0.25, 0.3) is 0 Å². The summed E-state index contributed by atoms with van der Waals surface area (Å²) in [6.07, 6.45) is 1.44. The summed E-state index contributed by atoms with van der Waals surface area (Å²) in [5, 5.41) is 3.35. The molecule has 1 aromatic heterocycles. The number of amides is 1. The van der Waals surface area contributed by atoms with E-state index >= 15 is 0 Å². The maximum atomic E-state index is 11.9. The largest absolute Gasteiger partial charge is 0.322 e. The minimum absolute atomic E-state index is 0.242. The van der Waals surface area contributed by atoms with Gasteiger partial charge in [-0.25, -0.2) is 10.8 Å². The minimum atomic E-state index is -0.242. The van der Waals surface area contributed by atoms with Gasteiger partial charge < -0.3 is 10.7 Å². The van der Waals surface area contributed by atoms with Crippen LogP contribution < -0.4 is 16.6 Å². The predicted octanol–water partition coefficient (Wildman–Crippen LogP) is 2.27. The van der Waals surface area contributed by atoms with Crippen molar-refractivity contribution in [2.45, 2.75) is 0 Å². The van der Waals surface area contributed by atoms with Crippen LogP contribution in [0.5, 0.6) is 0 Å². The van der Waals surface area contributed by atoms with Crippen LogP contribution in [0.15, 0.2) is 42.6 Å². The van der Waals surface area contributed by atoms with Crippen LogP contribution >= 0.6 is 11.6 Å². The van der Waals surface area contributed by atoms with Gasteiger partial charge in [-0.1, -0.05) is 11.6 Å². The van der Waals surface area contributed by atoms with Gasteiger partial charge in [-0.05, 0) is 36.4 Å². The van der Waals surface area contributed by atoms with Crippen molar-refractivity contribution in [2.75, 3.05) is 10.7 Å². The number of nitrogens with two attached hydrogens (primary N) is 1. The maximum Gasteiger partial charge on any atom is 0.257 e. The van der Waals surface area contributed by atoms with Gasteiger partial charge in [-0.2, -0.15) is 0 Å². The quantitative estimate of drug-likeness (QED) is 0.586. The highest BCUT2D eigenvalue weighted by molar-refractivity contribution is 6.30. The number of hydrogen-bond acceptors (Lipinski definition) is 4. The monoisotopic (exact) mass is 262 g/mol. The number of anilines is 2. The lowest BCUT2D eigenvalue weighted by atomic mass is 10.2. The van der Waals surface area contributed by atoms with E-state index in [1.807, 2.05) is 0 Å². The van der Waals surface area contributed by atoms with Gasteiger partial charge in [0.1, 0.15) is 5.82 Å². The normalized spacial score (nSPS) is 9.89. The number of hydrogen-bond donors (Lipinski definition) is 3. The van der Waals surface area contributed by atoms with Crippen LogP contribution in [-0.4, -0.2) is 10.9 Å². The van der Waals surface area contributed by atoms with E-state index in [9.17, 15) is 4.79 Å². The molecule has 0 fully saturated rings. The van der Waals surface area contributed by atoms with Crippen LogP contribution in [0.2, 0.25) is 5.02 Å². The Kier molecular flexibility index (Phi) is 3.76. The number of halogens is 1. The summed E-state index contributed by atoms with van der Waals surface area (Å²) < 4.78 is 0. The first-order chi connectivity index (χ1) is 8.69. The number of benzene rings is 1. The summed E-state index contributed by atoms with van der Waals surface area (Å²) in [5.41, 5.74) is 3.51. The fourth-order valence-corrected chi connectivity index (χ4v) is 1.48. The molecule has 0 aliphatic heterocycles. The molecular formula is C12H11ClN4O. The summed E-state index contributed by atoms with van der Waals surface area (Å²) in [6, 6.07) is 10.1. The Morgan fingerprint density at radius 1 is 1.17 bits per heavy atom. The number of rotatable bonds is 3. The van der Waals surface area contributed by atoms with Crippen molar-refractivity contribution in [3.63, 3.8) is 0 Å². The number of carbonyl (C=O) groups excluding carboxylic acids is 1. The standard InChI is InChI=1S/C12H11ClN4O/c13-9-2-4-10(5-3-9)16-12(18)8-1-6-11(17-14)15-7-8/h1-7H,14H2,(H,15,17)(H,16,18). The molecule has 0 saturated carbocycles. The molecule has 92 valence electrons. The number of nitrogen functional groups attached to an aromatic ring is 1. The van der Waals surface area contributed by atoms with Crippen molar-refractivity contribution in [1.29, 1.82) is 0 Å². The van der Waals surface area contributed by atoms with Crippen molar-refractivity contribution in [2.24, 2.45) is 5.84 Å². The van der Waals surface area contributed by atoms with Crippen LogP contribution in [0.4, 0.5) is 11.5 Å². The van der Waals surface area contributed by atoms with E-state index in [2.05, 4.69) is 15.7 Å². The van der Waals surface area contributed by atoms with Crippen LogP contribution in [0, 0.1) is 0 Å². The summed E-state index contributed by atoms with van der Waals surface area (Å²) in [7, 11) is 0. The summed E-state index contributed by atoms with van der Waals surface area (Å²) in [5.74, 6) is 5.44. The first-order valence-electron chi connectivity index (χ1n) is 5.18. The Labute approximate surface area is 109 Å². The number of carbonyl (C=O) groups is 1. The zero-order valence-corrected chi connectivity index (χ0v) is 10.1. The van der Waals surface area contributed by atoms with Crippen molar-refractivity contribution < 1.29 is 4.79 Å². The molecule has 0 aliphatic carbocycles. The van der Waals surface area contributed by atoms with Crippen LogP contribution in [0.3, 0.4) is 0 Å². The molecule has 0 radical (unpaired) electrons. The molecule has 5 nitrogen and oxygen atoms in total. The lowest BCUT2D eigenvalue weighted by Crippen LogP contribution is -2.13. The SMILES string of the molecule is NNc1ccc(C(=O)Nc2ccc(Cl)cc2)cn1. The molecule has 0 aliphatic rings. The highest BCUT2D eigenvalue weighted by Gasteiger charge is 2.06. The van der Waals surface area contributed by atoms with Crippen molar-refractivity contribution in [3.05, 3.63) is 53.2 Å². The Hall–Kier alpha value is -2.11. The van der Waals surface area contributed by atoms with Crippen LogP contribution in [0.1, 0.15) is 10.4 Å². The van der Waals surface area contributed by atoms with Crippen LogP contribution in [-0.2, 0) is 0 Å². The molecule has 2 rings (SSSR count). The van der Waals surface area contributed by atoms with E-state index in [1.165, 1.54) is 6.20 Å². The lowest BCUT2D eigenvalue weighted by Gasteiger charge is -2.05. The van der Waals surface area contributed by atoms with E-state index in [0.717, 1.165) is 0 Å². The van der Waals surface area contributed by atoms with E-state index in [0.29, 0.717) is 22.1 Å². The van der Waals surface area contributed by atoms with Gasteiger partial charge in [0.2, 0.25) is 0 Å². The zero-order chi connectivity index (χ0) is 13.0. The number of pyridine rings is 1. The second-order valence-electron chi connectivity index (χ2n) is 3.54. The Bertz CT molecular complexity index is 539. The van der Waals surface area contributed by atoms with Crippen molar-refractivity contribution in [3.8, 4) is 0 Å². The fourth-order valence-electron chi connectivity index (χ4n) is 1.35. The Morgan fingerprint density at radius 3 is 2.44 bits per heavy atom. The first kappa shape index (κ1) is 12.3. The molecule has 2 aromatic rings. The van der Waals surface area contributed by atoms with Crippen molar-refractivity contribution in [1.82, 2.24) is 4.98 Å². The average Bonchev–Trinajstić information content (AvgIpc) is 2.41. The third kappa shape index (κ3) is 2.97. The molecule has 6 heteroatoms. The third-order valence-corrected chi connectivity index (χ3v) is 2.53. The predicted molar refractivity (Wildman–Crippen MR) is 71.5 cm³/mol. The molecule has 1 aromatic carbocycles. The Balaban J connectivity index is 2.09. The molecule has 1 heterocycles. The maximum absolute atomic E-state index is 11.9. The molecule has 18 heavy (non-hydrogen) atoms. The molecule has 0 spiro atoms. The third-order valence-electron chi connectivity index (χ3n) is 2.28. The van der Waals surface area contributed by atoms with Gasteiger partial charge in [0.15, 0.2) is 0 Å². The van der Waals surface area contributed by atoms with Crippen molar-refractivity contribution >= 4 is 29.0 Å². The summed E-state index contributed by atoms with van der Waals surface area (Å²) in [4.78, 5) is 15.8. The number of nitrogens with one attached hydrogen (secondary N) is 2. The average molecular weight is 263 g/mol. The topological polar surface area (TPSA) is 80.0 Å². The van der Waals surface area contributed by atoms with Gasteiger partial charge in [0, 0.05) is 16.9 Å². The van der Waals surface area contributed by atoms with Gasteiger partial charge in [0.25, 0.3) is 5.91 Å². The second kappa shape index (κ2) is 5.48. The minimum Gasteiger partial charge on any atom is -0.322 e. The van der Waals surface area contributed by atoms with Gasteiger partial charge >= 0.3 is 0 Å². The number of hydrazine groups is 1. The molecule has 0 atom stereocenters. The molecule has 4 N–H and O–H groups in total. The lowest BCUT2D eigenvalue weighted by molar-refractivity contribution is 0.102. The zero-order valence-electron chi connectivity index (χ0n) is 9.35. The fraction of sp³-hybridized carbons (Fsp3) is 0. The molecule has 0 bridgehead atoms. The van der Waals surface area contributed by atoms with Gasteiger partial charge in [0.05, 0.1) is 5.56 Å². The van der Waals surface area contributed by atoms with E-state index in [4.69, 9.17) is 17.4 Å². The number of nitrogens with zero attached hydrogens (tertiary/aromatic N) is 1. The highest BCUT2D eigenvalue weighted by Crippen LogP contribution is 2.14.